The van der Waals surface area contributed by atoms with Crippen LogP contribution in [0.3, 0.4) is 0 Å². The van der Waals surface area contributed by atoms with Crippen molar-refractivity contribution in [3.63, 3.8) is 0 Å². The van der Waals surface area contributed by atoms with Crippen LogP contribution in [0.1, 0.15) is 32.1 Å². The van der Waals surface area contributed by atoms with Gasteiger partial charge in [-0.15, -0.1) is 0 Å². The van der Waals surface area contributed by atoms with Crippen LogP contribution >= 0.6 is 0 Å². The quantitative estimate of drug-likeness (QED) is 0.814. The van der Waals surface area contributed by atoms with Crippen molar-refractivity contribution in [2.75, 3.05) is 26.2 Å². The predicted molar refractivity (Wildman–Crippen MR) is 106 cm³/mol. The first kappa shape index (κ1) is 18.4. The Kier molecular flexibility index (Phi) is 5.19. The Labute approximate surface area is 161 Å². The molecule has 0 radical (unpaired) electrons. The first-order valence-electron chi connectivity index (χ1n) is 9.83. The molecule has 0 atom stereocenters. The van der Waals surface area contributed by atoms with E-state index in [4.69, 9.17) is 0 Å². The van der Waals surface area contributed by atoms with Gasteiger partial charge in [-0.1, -0.05) is 30.3 Å². The summed E-state index contributed by atoms with van der Waals surface area (Å²) in [6.07, 6.45) is 4.60. The normalized spacial score (nSPS) is 20.1. The maximum Gasteiger partial charge on any atom is 0.243 e. The lowest BCUT2D eigenvalue weighted by atomic mass is 9.95. The summed E-state index contributed by atoms with van der Waals surface area (Å²) in [6, 6.07) is 13.0. The van der Waals surface area contributed by atoms with Crippen molar-refractivity contribution in [3.8, 4) is 0 Å². The summed E-state index contributed by atoms with van der Waals surface area (Å²) in [4.78, 5) is 15.0. The van der Waals surface area contributed by atoms with E-state index >= 15 is 0 Å². The van der Waals surface area contributed by atoms with Gasteiger partial charge in [-0.25, -0.2) is 8.42 Å². The molecule has 2 fully saturated rings. The fourth-order valence-corrected chi connectivity index (χ4v) is 5.70. The van der Waals surface area contributed by atoms with Crippen LogP contribution in [-0.4, -0.2) is 49.7 Å². The van der Waals surface area contributed by atoms with Crippen molar-refractivity contribution in [2.45, 2.75) is 37.0 Å². The lowest BCUT2D eigenvalue weighted by Crippen LogP contribution is -2.45. The van der Waals surface area contributed by atoms with Crippen molar-refractivity contribution < 1.29 is 13.2 Å². The van der Waals surface area contributed by atoms with Crippen molar-refractivity contribution in [2.24, 2.45) is 5.92 Å². The summed E-state index contributed by atoms with van der Waals surface area (Å²) in [5, 5.41) is 1.95. The highest BCUT2D eigenvalue weighted by Gasteiger charge is 2.34. The molecule has 0 spiro atoms. The zero-order chi connectivity index (χ0) is 18.9. The summed E-state index contributed by atoms with van der Waals surface area (Å²) in [7, 11) is -3.52. The molecule has 2 aromatic rings. The fourth-order valence-electron chi connectivity index (χ4n) is 4.19. The second-order valence-electron chi connectivity index (χ2n) is 7.57. The Hall–Kier alpha value is -1.92. The number of fused-ring (bicyclic) bond motifs is 1. The molecule has 4 rings (SSSR count). The maximum atomic E-state index is 13.0. The van der Waals surface area contributed by atoms with Gasteiger partial charge in [0, 0.05) is 32.1 Å². The topological polar surface area (TPSA) is 57.7 Å². The largest absolute Gasteiger partial charge is 0.342 e. The third-order valence-corrected chi connectivity index (χ3v) is 7.72. The molecule has 1 amide bonds. The molecule has 144 valence electrons. The third-order valence-electron chi connectivity index (χ3n) is 5.83. The van der Waals surface area contributed by atoms with Gasteiger partial charge in [0.05, 0.1) is 4.90 Å². The number of hydrogen-bond acceptors (Lipinski definition) is 3. The summed E-state index contributed by atoms with van der Waals surface area (Å²) >= 11 is 0. The number of sulfonamides is 1. The highest BCUT2D eigenvalue weighted by Crippen LogP contribution is 2.27. The van der Waals surface area contributed by atoms with Gasteiger partial charge in [0.1, 0.15) is 0 Å². The lowest BCUT2D eigenvalue weighted by molar-refractivity contribution is -0.137. The van der Waals surface area contributed by atoms with Crippen molar-refractivity contribution in [1.29, 1.82) is 0 Å². The van der Waals surface area contributed by atoms with Gasteiger partial charge in [-0.2, -0.15) is 4.31 Å². The van der Waals surface area contributed by atoms with E-state index in [1.54, 1.807) is 12.1 Å². The molecule has 0 aromatic heterocycles. The van der Waals surface area contributed by atoms with Gasteiger partial charge in [0.25, 0.3) is 0 Å². The second-order valence-corrected chi connectivity index (χ2v) is 9.51. The van der Waals surface area contributed by atoms with Gasteiger partial charge in [-0.05, 0) is 55.0 Å². The van der Waals surface area contributed by atoms with E-state index in [0.717, 1.165) is 36.7 Å². The summed E-state index contributed by atoms with van der Waals surface area (Å²) < 4.78 is 27.6. The molecule has 2 saturated heterocycles. The Morgan fingerprint density at radius 2 is 1.52 bits per heavy atom. The second kappa shape index (κ2) is 7.60. The number of carbonyl (C=O) groups excluding carboxylic acids is 1. The van der Waals surface area contributed by atoms with Crippen LogP contribution in [0.2, 0.25) is 0 Å². The van der Waals surface area contributed by atoms with Gasteiger partial charge in [0.2, 0.25) is 15.9 Å². The Balaban J connectivity index is 1.45. The van der Waals surface area contributed by atoms with Crippen LogP contribution < -0.4 is 0 Å². The highest BCUT2D eigenvalue weighted by atomic mass is 32.2. The van der Waals surface area contributed by atoms with Gasteiger partial charge < -0.3 is 4.90 Å². The van der Waals surface area contributed by atoms with Gasteiger partial charge in [0.15, 0.2) is 0 Å². The predicted octanol–water partition coefficient (Wildman–Crippen LogP) is 3.25. The molecule has 27 heavy (non-hydrogen) atoms. The summed E-state index contributed by atoms with van der Waals surface area (Å²) in [6.45, 7) is 2.54. The zero-order valence-electron chi connectivity index (χ0n) is 15.5. The van der Waals surface area contributed by atoms with E-state index in [1.165, 1.54) is 10.7 Å². The lowest BCUT2D eigenvalue weighted by Gasteiger charge is -2.35. The number of amides is 1. The molecule has 2 aromatic carbocycles. The summed E-state index contributed by atoms with van der Waals surface area (Å²) in [5.41, 5.74) is 0. The standard InChI is InChI=1S/C21H26N2O3S/c24-21(22-12-4-1-5-13-22)18-10-14-23(15-11-18)27(25,26)20-9-8-17-6-2-3-7-19(17)16-20/h2-3,6-9,16,18H,1,4-5,10-15H2. The van der Waals surface area contributed by atoms with Crippen LogP contribution in [0.25, 0.3) is 10.8 Å². The molecule has 2 aliphatic rings. The van der Waals surface area contributed by atoms with Crippen molar-refractivity contribution in [1.82, 2.24) is 9.21 Å². The Morgan fingerprint density at radius 3 is 2.22 bits per heavy atom. The zero-order valence-corrected chi connectivity index (χ0v) is 16.3. The van der Waals surface area contributed by atoms with E-state index in [1.807, 2.05) is 35.2 Å². The van der Waals surface area contributed by atoms with Crippen LogP contribution in [0.4, 0.5) is 0 Å². The molecule has 0 saturated carbocycles. The van der Waals surface area contributed by atoms with Crippen molar-refractivity contribution >= 4 is 26.7 Å². The number of benzene rings is 2. The molecule has 2 heterocycles. The van der Waals surface area contributed by atoms with E-state index in [-0.39, 0.29) is 11.8 Å². The maximum absolute atomic E-state index is 13.0. The monoisotopic (exact) mass is 386 g/mol. The Morgan fingerprint density at radius 1 is 0.852 bits per heavy atom. The number of rotatable bonds is 3. The number of nitrogens with zero attached hydrogens (tertiary/aromatic N) is 2. The SMILES string of the molecule is O=C(C1CCN(S(=O)(=O)c2ccc3ccccc3c2)CC1)N1CCCCC1. The molecular weight excluding hydrogens is 360 g/mol. The molecule has 6 heteroatoms. The molecule has 2 aliphatic heterocycles. The van der Waals surface area contributed by atoms with Crippen LogP contribution in [0.15, 0.2) is 47.4 Å². The molecule has 0 unspecified atom stereocenters. The minimum absolute atomic E-state index is 0.0360. The van der Waals surface area contributed by atoms with Crippen LogP contribution in [0, 0.1) is 5.92 Å². The molecule has 5 nitrogen and oxygen atoms in total. The van der Waals surface area contributed by atoms with E-state index in [9.17, 15) is 13.2 Å². The van der Waals surface area contributed by atoms with E-state index < -0.39 is 10.0 Å². The minimum atomic E-state index is -3.52. The van der Waals surface area contributed by atoms with Crippen LogP contribution in [-0.2, 0) is 14.8 Å². The number of piperidine rings is 2. The third kappa shape index (κ3) is 3.73. The number of likely N-dealkylation sites (tertiary alicyclic amines) is 1. The summed E-state index contributed by atoms with van der Waals surface area (Å²) in [5.74, 6) is 0.184. The minimum Gasteiger partial charge on any atom is -0.342 e. The first-order valence-corrected chi connectivity index (χ1v) is 11.3. The Bertz CT molecular complexity index is 927. The van der Waals surface area contributed by atoms with Gasteiger partial charge in [-0.3, -0.25) is 4.79 Å². The fraction of sp³-hybridized carbons (Fsp3) is 0.476. The molecule has 0 bridgehead atoms. The number of hydrogen-bond donors (Lipinski definition) is 0. The van der Waals surface area contributed by atoms with Crippen LogP contribution in [0.5, 0.6) is 0 Å². The van der Waals surface area contributed by atoms with Crippen molar-refractivity contribution in [3.05, 3.63) is 42.5 Å². The smallest absolute Gasteiger partial charge is 0.243 e. The molecule has 0 aliphatic carbocycles. The highest BCUT2D eigenvalue weighted by molar-refractivity contribution is 7.89. The first-order chi connectivity index (χ1) is 13.1. The molecular formula is C21H26N2O3S. The average molecular weight is 387 g/mol. The van der Waals surface area contributed by atoms with Gasteiger partial charge >= 0.3 is 0 Å². The number of carbonyl (C=O) groups is 1. The molecule has 0 N–H and O–H groups in total. The van der Waals surface area contributed by atoms with E-state index in [2.05, 4.69) is 0 Å². The average Bonchev–Trinajstić information content (AvgIpc) is 2.73. The van der Waals surface area contributed by atoms with E-state index in [0.29, 0.717) is 30.8 Å².